The van der Waals surface area contributed by atoms with Crippen LogP contribution in [0.3, 0.4) is 0 Å². The van der Waals surface area contributed by atoms with Gasteiger partial charge in [-0.05, 0) is 56.7 Å². The Balaban J connectivity index is 0.00000400. The Hall–Kier alpha value is -2.09. The number of nitrogens with zero attached hydrogens (tertiary/aromatic N) is 1. The summed E-state index contributed by atoms with van der Waals surface area (Å²) in [6.45, 7) is 7.89. The van der Waals surface area contributed by atoms with Crippen LogP contribution in [0.25, 0.3) is 0 Å². The van der Waals surface area contributed by atoms with E-state index >= 15 is 0 Å². The molecule has 1 aromatic rings. The highest BCUT2D eigenvalue weighted by molar-refractivity contribution is 7.59. The van der Waals surface area contributed by atoms with Crippen molar-refractivity contribution in [2.45, 2.75) is 102 Å². The van der Waals surface area contributed by atoms with E-state index in [0.29, 0.717) is 23.8 Å². The van der Waals surface area contributed by atoms with Crippen molar-refractivity contribution in [3.63, 3.8) is 0 Å². The summed E-state index contributed by atoms with van der Waals surface area (Å²) in [5, 5.41) is 18.8. The van der Waals surface area contributed by atoms with Crippen LogP contribution in [-0.2, 0) is 19.7 Å². The molecule has 3 rings (SSSR count). The molecule has 1 saturated carbocycles. The van der Waals surface area contributed by atoms with Crippen LogP contribution in [0, 0.1) is 23.2 Å². The number of nitriles is 1. The summed E-state index contributed by atoms with van der Waals surface area (Å²) < 4.78 is 5.56. The van der Waals surface area contributed by atoms with Gasteiger partial charge in [0.15, 0.2) is 0 Å². The third-order valence-electron chi connectivity index (χ3n) is 7.65. The molecule has 2 fully saturated rings. The maximum Gasteiger partial charge on any atom is 0.407 e. The van der Waals surface area contributed by atoms with Crippen molar-refractivity contribution < 1.29 is 19.1 Å². The zero-order valence-corrected chi connectivity index (χ0v) is 26.7. The van der Waals surface area contributed by atoms with Gasteiger partial charge in [-0.15, -0.1) is 0 Å². The number of rotatable bonds is 10. The van der Waals surface area contributed by atoms with Crippen LogP contribution in [0.15, 0.2) is 24.3 Å². The molecule has 3 atom stereocenters. The molecular weight excluding hydrogens is 568 g/mol. The number of benzene rings is 1. The Kier molecular flexibility index (Phi) is 14.2. The molecule has 1 aromatic carbocycles. The first-order valence-corrected chi connectivity index (χ1v) is 14.0. The second kappa shape index (κ2) is 15.8. The highest BCUT2D eigenvalue weighted by Crippen LogP contribution is 2.30. The van der Waals surface area contributed by atoms with Gasteiger partial charge in [-0.25, -0.2) is 4.79 Å². The van der Waals surface area contributed by atoms with Gasteiger partial charge < -0.3 is 20.7 Å². The summed E-state index contributed by atoms with van der Waals surface area (Å²) in [7, 11) is 0. The van der Waals surface area contributed by atoms with Crippen LogP contribution in [0.1, 0.15) is 84.6 Å². The summed E-state index contributed by atoms with van der Waals surface area (Å²) in [6.07, 6.45) is 6.01. The second-order valence-electron chi connectivity index (χ2n) is 12.1. The van der Waals surface area contributed by atoms with E-state index in [2.05, 4.69) is 22.0 Å². The standard InChI is InChI=1S/C29H41ClN4O4.2H2S/c1-28(2,21-11-8-12-22(30)15-21)18-38-27(37)33-24(13-19-9-6-5-7-10-19)26(36)32-23(17-31)14-20-16-29(3,4)34-25(20)35;;/h8,11-12,15,19-20,23-24H,5-7,9-10,13-14,16,18H2,1-4H3,(H,32,36)(H,33,37)(H,34,35);2*1H2/t20?,23-,24-;;/m0../s1. The van der Waals surface area contributed by atoms with E-state index in [1.807, 2.05) is 45.9 Å². The van der Waals surface area contributed by atoms with Crippen LogP contribution in [0.2, 0.25) is 5.02 Å². The van der Waals surface area contributed by atoms with E-state index in [0.717, 1.165) is 31.2 Å². The zero-order chi connectivity index (χ0) is 27.9. The number of hydrogen-bond donors (Lipinski definition) is 3. The molecule has 0 aromatic heterocycles. The Labute approximate surface area is 257 Å². The molecule has 224 valence electrons. The molecule has 1 unspecified atom stereocenters. The molecule has 0 spiro atoms. The molecule has 0 bridgehead atoms. The van der Waals surface area contributed by atoms with E-state index < -0.39 is 29.5 Å². The number of carbonyl (C=O) groups is 3. The first-order chi connectivity index (χ1) is 17.9. The van der Waals surface area contributed by atoms with Gasteiger partial charge >= 0.3 is 6.09 Å². The predicted molar refractivity (Wildman–Crippen MR) is 167 cm³/mol. The lowest BCUT2D eigenvalue weighted by Gasteiger charge is -2.28. The summed E-state index contributed by atoms with van der Waals surface area (Å²) in [6, 6.07) is 7.88. The Morgan fingerprint density at radius 1 is 1.18 bits per heavy atom. The lowest BCUT2D eigenvalue weighted by molar-refractivity contribution is -0.125. The fraction of sp³-hybridized carbons (Fsp3) is 0.655. The van der Waals surface area contributed by atoms with Crippen molar-refractivity contribution in [3.8, 4) is 6.07 Å². The van der Waals surface area contributed by atoms with E-state index in [4.69, 9.17) is 16.3 Å². The van der Waals surface area contributed by atoms with Gasteiger partial charge in [0.25, 0.3) is 0 Å². The largest absolute Gasteiger partial charge is 0.449 e. The topological polar surface area (TPSA) is 120 Å². The first kappa shape index (κ1) is 35.9. The van der Waals surface area contributed by atoms with Gasteiger partial charge in [0.05, 0.1) is 6.07 Å². The fourth-order valence-corrected chi connectivity index (χ4v) is 5.69. The number of alkyl carbamates (subject to hydrolysis) is 1. The summed E-state index contributed by atoms with van der Waals surface area (Å²) in [4.78, 5) is 38.5. The predicted octanol–water partition coefficient (Wildman–Crippen LogP) is 5.22. The molecule has 0 radical (unpaired) electrons. The molecule has 1 heterocycles. The number of hydrogen-bond acceptors (Lipinski definition) is 5. The first-order valence-electron chi connectivity index (χ1n) is 13.6. The molecule has 1 aliphatic carbocycles. The van der Waals surface area contributed by atoms with Gasteiger partial charge in [-0.2, -0.15) is 32.3 Å². The van der Waals surface area contributed by atoms with Gasteiger partial charge in [0.2, 0.25) is 11.8 Å². The van der Waals surface area contributed by atoms with E-state index in [1.165, 1.54) is 6.42 Å². The van der Waals surface area contributed by atoms with E-state index in [9.17, 15) is 19.6 Å². The van der Waals surface area contributed by atoms with Crippen LogP contribution in [0.5, 0.6) is 0 Å². The molecule has 3 N–H and O–H groups in total. The summed E-state index contributed by atoms with van der Waals surface area (Å²) >= 11 is 6.13. The maximum absolute atomic E-state index is 13.3. The van der Waals surface area contributed by atoms with Crippen LogP contribution >= 0.6 is 38.6 Å². The third kappa shape index (κ3) is 10.7. The van der Waals surface area contributed by atoms with Crippen LogP contribution in [0.4, 0.5) is 4.79 Å². The SMILES string of the molecule is CC1(C)CC(C[C@@H](C#N)NC(=O)[C@H](CC2CCCCC2)NC(=O)OCC(C)(C)c2cccc(Cl)c2)C(=O)N1.S.S. The smallest absolute Gasteiger partial charge is 0.407 e. The van der Waals surface area contributed by atoms with Crippen LogP contribution in [-0.4, -0.2) is 42.1 Å². The normalized spacial score (nSPS) is 20.0. The van der Waals surface area contributed by atoms with Gasteiger partial charge in [0.1, 0.15) is 18.7 Å². The average Bonchev–Trinajstić information content (AvgIpc) is 3.13. The Morgan fingerprint density at radius 3 is 2.42 bits per heavy atom. The van der Waals surface area contributed by atoms with Crippen LogP contribution < -0.4 is 16.0 Å². The fourth-order valence-electron chi connectivity index (χ4n) is 5.50. The maximum atomic E-state index is 13.3. The highest BCUT2D eigenvalue weighted by atomic mass is 35.5. The molecule has 1 saturated heterocycles. The van der Waals surface area contributed by atoms with E-state index in [-0.39, 0.29) is 57.4 Å². The number of amides is 3. The lowest BCUT2D eigenvalue weighted by atomic mass is 9.84. The van der Waals surface area contributed by atoms with Gasteiger partial charge in [-0.3, -0.25) is 9.59 Å². The minimum Gasteiger partial charge on any atom is -0.449 e. The minimum absolute atomic E-state index is 0. The highest BCUT2D eigenvalue weighted by Gasteiger charge is 2.39. The molecule has 3 amide bonds. The van der Waals surface area contributed by atoms with Crippen molar-refractivity contribution in [2.75, 3.05) is 6.61 Å². The second-order valence-corrected chi connectivity index (χ2v) is 12.5. The van der Waals surface area contributed by atoms with Crippen molar-refractivity contribution in [3.05, 3.63) is 34.9 Å². The molecular formula is C29H45ClN4O4S2. The zero-order valence-electron chi connectivity index (χ0n) is 23.9. The van der Waals surface area contributed by atoms with Crippen molar-refractivity contribution in [2.24, 2.45) is 11.8 Å². The van der Waals surface area contributed by atoms with Crippen molar-refractivity contribution in [1.29, 1.82) is 5.26 Å². The quantitative estimate of drug-likeness (QED) is 0.334. The van der Waals surface area contributed by atoms with Gasteiger partial charge in [0, 0.05) is 21.9 Å². The third-order valence-corrected chi connectivity index (χ3v) is 7.89. The van der Waals surface area contributed by atoms with Crippen molar-refractivity contribution in [1.82, 2.24) is 16.0 Å². The molecule has 8 nitrogen and oxygen atoms in total. The van der Waals surface area contributed by atoms with Gasteiger partial charge in [-0.1, -0.05) is 69.7 Å². The number of carbonyl (C=O) groups excluding carboxylic acids is 3. The van der Waals surface area contributed by atoms with E-state index in [1.54, 1.807) is 6.07 Å². The molecule has 1 aliphatic heterocycles. The Morgan fingerprint density at radius 2 is 1.85 bits per heavy atom. The molecule has 2 aliphatic rings. The monoisotopic (exact) mass is 612 g/mol. The molecule has 11 heteroatoms. The summed E-state index contributed by atoms with van der Waals surface area (Å²) in [5.41, 5.74) is 0.120. The number of halogens is 1. The average molecular weight is 613 g/mol. The lowest BCUT2D eigenvalue weighted by Crippen LogP contribution is -2.51. The number of ether oxygens (including phenoxy) is 1. The number of nitrogens with one attached hydrogen (secondary N) is 3. The molecule has 40 heavy (non-hydrogen) atoms. The van der Waals surface area contributed by atoms with Crippen molar-refractivity contribution >= 4 is 56.5 Å². The summed E-state index contributed by atoms with van der Waals surface area (Å²) in [5.74, 6) is -0.568. The minimum atomic E-state index is -0.833. The Bertz CT molecular complexity index is 1060.